The lowest BCUT2D eigenvalue weighted by Crippen LogP contribution is -2.46. The van der Waals surface area contributed by atoms with Crippen LogP contribution in [0.3, 0.4) is 0 Å². The highest BCUT2D eigenvalue weighted by Gasteiger charge is 2.34. The fourth-order valence-corrected chi connectivity index (χ4v) is 6.02. The van der Waals surface area contributed by atoms with Gasteiger partial charge in [0.15, 0.2) is 0 Å². The number of hydrogen-bond donors (Lipinski definition) is 3. The molecule has 0 aliphatic rings. The summed E-state index contributed by atoms with van der Waals surface area (Å²) in [6, 6.07) is 19.0. The Morgan fingerprint density at radius 3 is 2.26 bits per heavy atom. The standard InChI is InChI=1S/C32H39F3N2O5S/c1-31(2,16-8-12-23-9-5-4-6-10-23)36-21-28(38)22-37(3)43(41,42)29-19-26(18-27(20-29)32(33,34)35)25-13-7-11-24(17-25)14-15-30(39)40/h4-7,9-11,13,17-20,28,36,38H,8,12,14-16,21-22H2,1-3H3,(H,39,40)/t28-/m1/s1. The molecule has 0 unspecified atom stereocenters. The molecular formula is C32H39F3N2O5S. The molecule has 3 N–H and O–H groups in total. The molecule has 0 aliphatic carbocycles. The number of aliphatic hydroxyl groups excluding tert-OH is 1. The van der Waals surface area contributed by atoms with Gasteiger partial charge in [0.05, 0.1) is 16.6 Å². The molecular weight excluding hydrogens is 581 g/mol. The summed E-state index contributed by atoms with van der Waals surface area (Å²) in [4.78, 5) is 10.4. The molecule has 3 rings (SSSR count). The lowest BCUT2D eigenvalue weighted by Gasteiger charge is -2.29. The molecule has 0 radical (unpaired) electrons. The predicted molar refractivity (Wildman–Crippen MR) is 160 cm³/mol. The zero-order valence-corrected chi connectivity index (χ0v) is 25.4. The van der Waals surface area contributed by atoms with E-state index in [1.54, 1.807) is 18.2 Å². The summed E-state index contributed by atoms with van der Waals surface area (Å²) in [5.41, 5.74) is 0.714. The van der Waals surface area contributed by atoms with Crippen LogP contribution in [0.5, 0.6) is 0 Å². The lowest BCUT2D eigenvalue weighted by atomic mass is 9.95. The van der Waals surface area contributed by atoms with Gasteiger partial charge in [0.1, 0.15) is 0 Å². The molecule has 7 nitrogen and oxygen atoms in total. The number of β-amino-alcohol motifs (C(OH)–C–C–N with tert-alkyl or cyclic N) is 1. The number of carboxylic acids is 1. The molecule has 3 aromatic carbocycles. The highest BCUT2D eigenvalue weighted by molar-refractivity contribution is 7.89. The van der Waals surface area contributed by atoms with Crippen molar-refractivity contribution >= 4 is 16.0 Å². The Hall–Kier alpha value is -3.25. The fraction of sp³-hybridized carbons (Fsp3) is 0.406. The van der Waals surface area contributed by atoms with Crippen molar-refractivity contribution in [3.05, 3.63) is 89.5 Å². The van der Waals surface area contributed by atoms with Crippen molar-refractivity contribution < 1.29 is 36.6 Å². The average Bonchev–Trinajstić information content (AvgIpc) is 2.95. The zero-order chi connectivity index (χ0) is 31.8. The SMILES string of the molecule is CN(C[C@H](O)CNC(C)(C)CCCc1ccccc1)S(=O)(=O)c1cc(-c2cccc(CCC(=O)O)c2)cc(C(F)(F)F)c1. The predicted octanol–water partition coefficient (Wildman–Crippen LogP) is 5.76. The Kier molecular flexibility index (Phi) is 11.5. The molecule has 11 heteroatoms. The van der Waals surface area contributed by atoms with Crippen molar-refractivity contribution in [1.29, 1.82) is 0 Å². The van der Waals surface area contributed by atoms with E-state index in [0.29, 0.717) is 17.2 Å². The smallest absolute Gasteiger partial charge is 0.416 e. The van der Waals surface area contributed by atoms with Gasteiger partial charge < -0.3 is 15.5 Å². The molecule has 0 heterocycles. The molecule has 0 saturated carbocycles. The van der Waals surface area contributed by atoms with Crippen LogP contribution in [-0.4, -0.2) is 60.7 Å². The van der Waals surface area contributed by atoms with Gasteiger partial charge in [0.2, 0.25) is 10.0 Å². The number of benzene rings is 3. The molecule has 0 aromatic heterocycles. The first-order valence-electron chi connectivity index (χ1n) is 14.0. The largest absolute Gasteiger partial charge is 0.481 e. The highest BCUT2D eigenvalue weighted by atomic mass is 32.2. The van der Waals surface area contributed by atoms with Crippen LogP contribution in [0.15, 0.2) is 77.7 Å². The number of aliphatic hydroxyl groups is 1. The highest BCUT2D eigenvalue weighted by Crippen LogP contribution is 2.35. The number of carboxylic acid groups (broad SMARTS) is 1. The van der Waals surface area contributed by atoms with Gasteiger partial charge in [-0.05, 0) is 80.0 Å². The summed E-state index contributed by atoms with van der Waals surface area (Å²) in [5, 5.41) is 22.9. The summed E-state index contributed by atoms with van der Waals surface area (Å²) in [6.07, 6.45) is -3.27. The van der Waals surface area contributed by atoms with Crippen LogP contribution in [-0.2, 0) is 33.8 Å². The molecule has 234 valence electrons. The maximum atomic E-state index is 13.8. The molecule has 0 spiro atoms. The van der Waals surface area contributed by atoms with Gasteiger partial charge in [0.25, 0.3) is 0 Å². The number of rotatable bonds is 15. The van der Waals surface area contributed by atoms with E-state index in [1.165, 1.54) is 18.7 Å². The van der Waals surface area contributed by atoms with E-state index in [4.69, 9.17) is 5.11 Å². The number of likely N-dealkylation sites (N-methyl/N-ethyl adjacent to an activating group) is 1. The van der Waals surface area contributed by atoms with Crippen LogP contribution in [0.4, 0.5) is 13.2 Å². The Labute approximate surface area is 251 Å². The van der Waals surface area contributed by atoms with Crippen molar-refractivity contribution in [2.75, 3.05) is 20.1 Å². The zero-order valence-electron chi connectivity index (χ0n) is 24.6. The summed E-state index contributed by atoms with van der Waals surface area (Å²) >= 11 is 0. The van der Waals surface area contributed by atoms with Crippen LogP contribution in [0.2, 0.25) is 0 Å². The normalized spacial score (nSPS) is 13.3. The maximum Gasteiger partial charge on any atom is 0.416 e. The summed E-state index contributed by atoms with van der Waals surface area (Å²) < 4.78 is 69.2. The van der Waals surface area contributed by atoms with E-state index >= 15 is 0 Å². The van der Waals surface area contributed by atoms with E-state index in [0.717, 1.165) is 35.7 Å². The Balaban J connectivity index is 1.72. The van der Waals surface area contributed by atoms with Gasteiger partial charge in [-0.1, -0.05) is 54.6 Å². The minimum absolute atomic E-state index is 0.0263. The molecule has 0 aliphatic heterocycles. The molecule has 0 amide bonds. The van der Waals surface area contributed by atoms with Crippen molar-refractivity contribution in [3.63, 3.8) is 0 Å². The van der Waals surface area contributed by atoms with E-state index in [-0.39, 0.29) is 37.0 Å². The molecule has 0 bridgehead atoms. The minimum atomic E-state index is -4.81. The first kappa shape index (κ1) is 34.2. The van der Waals surface area contributed by atoms with Crippen molar-refractivity contribution in [2.24, 2.45) is 0 Å². The summed E-state index contributed by atoms with van der Waals surface area (Å²) in [7, 11) is -3.19. The first-order valence-corrected chi connectivity index (χ1v) is 15.5. The molecule has 0 saturated heterocycles. The van der Waals surface area contributed by atoms with Crippen LogP contribution >= 0.6 is 0 Å². The number of carbonyl (C=O) groups is 1. The van der Waals surface area contributed by atoms with Crippen LogP contribution in [0.1, 0.15) is 49.8 Å². The summed E-state index contributed by atoms with van der Waals surface area (Å²) in [5.74, 6) is -1.01. The lowest BCUT2D eigenvalue weighted by molar-refractivity contribution is -0.138. The average molecular weight is 621 g/mol. The monoisotopic (exact) mass is 620 g/mol. The second-order valence-corrected chi connectivity index (χ2v) is 13.4. The number of nitrogens with one attached hydrogen (secondary N) is 1. The van der Waals surface area contributed by atoms with Gasteiger partial charge in [-0.3, -0.25) is 4.79 Å². The third kappa shape index (κ3) is 10.5. The van der Waals surface area contributed by atoms with Crippen LogP contribution in [0, 0.1) is 0 Å². The second-order valence-electron chi connectivity index (χ2n) is 11.4. The second kappa shape index (κ2) is 14.5. The Morgan fingerprint density at radius 2 is 1.60 bits per heavy atom. The van der Waals surface area contributed by atoms with Gasteiger partial charge in [-0.15, -0.1) is 0 Å². The van der Waals surface area contributed by atoms with Crippen molar-refractivity contribution in [2.45, 2.75) is 68.7 Å². The molecule has 43 heavy (non-hydrogen) atoms. The van der Waals surface area contributed by atoms with E-state index in [9.17, 15) is 31.5 Å². The van der Waals surface area contributed by atoms with E-state index in [2.05, 4.69) is 17.4 Å². The number of halogens is 3. The number of hydrogen-bond acceptors (Lipinski definition) is 5. The Bertz CT molecular complexity index is 1480. The molecule has 3 aromatic rings. The Morgan fingerprint density at radius 1 is 0.930 bits per heavy atom. The van der Waals surface area contributed by atoms with Crippen LogP contribution < -0.4 is 5.32 Å². The number of aliphatic carboxylic acids is 1. The number of sulfonamides is 1. The third-order valence-corrected chi connectivity index (χ3v) is 9.03. The van der Waals surface area contributed by atoms with Crippen molar-refractivity contribution in [1.82, 2.24) is 9.62 Å². The molecule has 1 atom stereocenters. The number of nitrogens with zero attached hydrogens (tertiary/aromatic N) is 1. The van der Waals surface area contributed by atoms with E-state index < -0.39 is 38.7 Å². The quantitative estimate of drug-likeness (QED) is 0.200. The van der Waals surface area contributed by atoms with Gasteiger partial charge in [-0.2, -0.15) is 17.5 Å². The molecule has 0 fully saturated rings. The van der Waals surface area contributed by atoms with Gasteiger partial charge in [0, 0.05) is 32.1 Å². The number of aryl methyl sites for hydroxylation is 2. The van der Waals surface area contributed by atoms with E-state index in [1.807, 2.05) is 32.0 Å². The summed E-state index contributed by atoms with van der Waals surface area (Å²) in [6.45, 7) is 3.75. The topological polar surface area (TPSA) is 107 Å². The number of alkyl halides is 3. The maximum absolute atomic E-state index is 13.8. The van der Waals surface area contributed by atoms with Crippen molar-refractivity contribution in [3.8, 4) is 11.1 Å². The minimum Gasteiger partial charge on any atom is -0.481 e. The third-order valence-electron chi connectivity index (χ3n) is 7.22. The van der Waals surface area contributed by atoms with Gasteiger partial charge in [-0.25, -0.2) is 8.42 Å². The first-order chi connectivity index (χ1) is 20.1. The van der Waals surface area contributed by atoms with Crippen LogP contribution in [0.25, 0.3) is 11.1 Å². The van der Waals surface area contributed by atoms with Gasteiger partial charge >= 0.3 is 12.1 Å². The fourth-order valence-electron chi connectivity index (χ4n) is 4.74.